The zero-order chi connectivity index (χ0) is 15.7. The van der Waals surface area contributed by atoms with E-state index >= 15 is 0 Å². The molecule has 0 bridgehead atoms. The van der Waals surface area contributed by atoms with E-state index in [2.05, 4.69) is 21.1 Å². The first-order valence-corrected chi connectivity index (χ1v) is 7.20. The lowest BCUT2D eigenvalue weighted by molar-refractivity contribution is 0.281. The predicted octanol–water partition coefficient (Wildman–Crippen LogP) is 4.54. The van der Waals surface area contributed by atoms with E-state index in [0.29, 0.717) is 16.9 Å². The summed E-state index contributed by atoms with van der Waals surface area (Å²) in [6.07, 6.45) is 0. The lowest BCUT2D eigenvalue weighted by Crippen LogP contribution is -1.91. The molecule has 0 saturated carbocycles. The fourth-order valence-corrected chi connectivity index (χ4v) is 2.58. The molecule has 3 rings (SSSR count). The van der Waals surface area contributed by atoms with Crippen molar-refractivity contribution in [3.05, 3.63) is 64.1 Å². The summed E-state index contributed by atoms with van der Waals surface area (Å²) in [5.74, 6) is -1.53. The van der Waals surface area contributed by atoms with Gasteiger partial charge in [0, 0.05) is 15.6 Å². The number of halogens is 3. The van der Waals surface area contributed by atoms with E-state index in [9.17, 15) is 13.9 Å². The summed E-state index contributed by atoms with van der Waals surface area (Å²) in [6, 6.07) is 10.7. The van der Waals surface area contributed by atoms with Crippen LogP contribution in [-0.4, -0.2) is 10.3 Å². The zero-order valence-corrected chi connectivity index (χ0v) is 12.8. The van der Waals surface area contributed by atoms with E-state index in [1.807, 2.05) is 18.2 Å². The minimum absolute atomic E-state index is 0.288. The molecule has 0 aliphatic rings. The van der Waals surface area contributed by atoms with Crippen LogP contribution in [0.3, 0.4) is 0 Å². The number of aliphatic hydroxyl groups excluding tert-OH is 1. The molecule has 112 valence electrons. The fraction of sp³-hybridized carbons (Fsp3) is 0.0625. The first kappa shape index (κ1) is 14.9. The first-order chi connectivity index (χ1) is 10.6. The SMILES string of the molecule is OCc1c(-c2ccc(F)c(F)c2)noc1-c1cccc(Br)c1. The monoisotopic (exact) mass is 365 g/mol. The van der Waals surface area contributed by atoms with Crippen LogP contribution in [0.2, 0.25) is 0 Å². The third kappa shape index (κ3) is 2.67. The molecule has 0 aliphatic heterocycles. The van der Waals surface area contributed by atoms with Gasteiger partial charge >= 0.3 is 0 Å². The topological polar surface area (TPSA) is 46.3 Å². The van der Waals surface area contributed by atoms with Crippen LogP contribution in [0.25, 0.3) is 22.6 Å². The summed E-state index contributed by atoms with van der Waals surface area (Å²) < 4.78 is 32.6. The van der Waals surface area contributed by atoms with E-state index in [1.165, 1.54) is 6.07 Å². The second kappa shape index (κ2) is 5.98. The van der Waals surface area contributed by atoms with Crippen LogP contribution in [0.5, 0.6) is 0 Å². The van der Waals surface area contributed by atoms with E-state index in [-0.39, 0.29) is 12.3 Å². The fourth-order valence-electron chi connectivity index (χ4n) is 2.18. The van der Waals surface area contributed by atoms with Gasteiger partial charge in [0.05, 0.1) is 12.2 Å². The Hall–Kier alpha value is -2.05. The van der Waals surface area contributed by atoms with E-state index in [4.69, 9.17) is 4.52 Å². The third-order valence-corrected chi connectivity index (χ3v) is 3.72. The normalized spacial score (nSPS) is 10.9. The number of aliphatic hydroxyl groups is 1. The van der Waals surface area contributed by atoms with Crippen LogP contribution in [0.15, 0.2) is 51.5 Å². The number of benzene rings is 2. The smallest absolute Gasteiger partial charge is 0.173 e. The van der Waals surface area contributed by atoms with Gasteiger partial charge in [-0.25, -0.2) is 8.78 Å². The van der Waals surface area contributed by atoms with Gasteiger partial charge < -0.3 is 9.63 Å². The summed E-state index contributed by atoms with van der Waals surface area (Å²) in [7, 11) is 0. The Kier molecular flexibility index (Phi) is 4.04. The van der Waals surface area contributed by atoms with Crippen molar-refractivity contribution < 1.29 is 18.4 Å². The van der Waals surface area contributed by atoms with Gasteiger partial charge in [0.2, 0.25) is 0 Å². The molecule has 0 atom stereocenters. The highest BCUT2D eigenvalue weighted by atomic mass is 79.9. The van der Waals surface area contributed by atoms with Crippen molar-refractivity contribution in [2.75, 3.05) is 0 Å². The molecule has 3 aromatic rings. The molecule has 1 heterocycles. The summed E-state index contributed by atoms with van der Waals surface area (Å²) in [4.78, 5) is 0. The highest BCUT2D eigenvalue weighted by Gasteiger charge is 2.19. The molecule has 0 saturated heterocycles. The molecule has 1 aromatic heterocycles. The molecule has 0 fully saturated rings. The van der Waals surface area contributed by atoms with Gasteiger partial charge in [0.15, 0.2) is 17.4 Å². The maximum atomic E-state index is 13.4. The second-order valence-electron chi connectivity index (χ2n) is 4.64. The second-order valence-corrected chi connectivity index (χ2v) is 5.55. The summed E-state index contributed by atoms with van der Waals surface area (Å²) in [5, 5.41) is 13.5. The van der Waals surface area contributed by atoms with Gasteiger partial charge in [0.1, 0.15) is 5.69 Å². The molecule has 0 spiro atoms. The Morgan fingerprint density at radius 3 is 2.55 bits per heavy atom. The predicted molar refractivity (Wildman–Crippen MR) is 80.9 cm³/mol. The lowest BCUT2D eigenvalue weighted by atomic mass is 10.0. The van der Waals surface area contributed by atoms with E-state index in [0.717, 1.165) is 22.2 Å². The molecular weight excluding hydrogens is 356 g/mol. The highest BCUT2D eigenvalue weighted by molar-refractivity contribution is 9.10. The average molecular weight is 366 g/mol. The van der Waals surface area contributed by atoms with Gasteiger partial charge in [-0.2, -0.15) is 0 Å². The Bertz CT molecular complexity index is 833. The Balaban J connectivity index is 2.13. The minimum Gasteiger partial charge on any atom is -0.391 e. The summed E-state index contributed by atoms with van der Waals surface area (Å²) in [5.41, 5.74) is 1.77. The lowest BCUT2D eigenvalue weighted by Gasteiger charge is -2.02. The van der Waals surface area contributed by atoms with Crippen molar-refractivity contribution in [3.63, 3.8) is 0 Å². The number of aromatic nitrogens is 1. The van der Waals surface area contributed by atoms with Crippen molar-refractivity contribution in [1.29, 1.82) is 0 Å². The zero-order valence-electron chi connectivity index (χ0n) is 11.2. The Morgan fingerprint density at radius 1 is 1.05 bits per heavy atom. The minimum atomic E-state index is -0.978. The standard InChI is InChI=1S/C16H10BrF2NO2/c17-11-3-1-2-10(6-11)16-12(8-21)15(20-22-16)9-4-5-13(18)14(19)7-9/h1-7,21H,8H2. The molecule has 0 aliphatic carbocycles. The maximum absolute atomic E-state index is 13.4. The molecule has 3 nitrogen and oxygen atoms in total. The average Bonchev–Trinajstić information content (AvgIpc) is 2.94. The van der Waals surface area contributed by atoms with Crippen molar-refractivity contribution in [2.24, 2.45) is 0 Å². The van der Waals surface area contributed by atoms with Crippen molar-refractivity contribution in [1.82, 2.24) is 5.16 Å². The van der Waals surface area contributed by atoms with Gasteiger partial charge in [-0.05, 0) is 30.3 Å². The molecular formula is C16H10BrF2NO2. The Labute approximate surface area is 133 Å². The molecule has 0 amide bonds. The van der Waals surface area contributed by atoms with E-state index in [1.54, 1.807) is 6.07 Å². The number of hydrogen-bond donors (Lipinski definition) is 1. The molecule has 6 heteroatoms. The van der Waals surface area contributed by atoms with Crippen molar-refractivity contribution >= 4 is 15.9 Å². The van der Waals surface area contributed by atoms with Crippen LogP contribution in [0.1, 0.15) is 5.56 Å². The van der Waals surface area contributed by atoms with Crippen molar-refractivity contribution in [2.45, 2.75) is 6.61 Å². The molecule has 0 unspecified atom stereocenters. The molecule has 1 N–H and O–H groups in total. The van der Waals surface area contributed by atoms with Gasteiger partial charge in [-0.1, -0.05) is 33.2 Å². The summed E-state index contributed by atoms with van der Waals surface area (Å²) in [6.45, 7) is -0.334. The van der Waals surface area contributed by atoms with Crippen LogP contribution in [0.4, 0.5) is 8.78 Å². The largest absolute Gasteiger partial charge is 0.391 e. The maximum Gasteiger partial charge on any atom is 0.173 e. The quantitative estimate of drug-likeness (QED) is 0.740. The van der Waals surface area contributed by atoms with E-state index < -0.39 is 11.6 Å². The van der Waals surface area contributed by atoms with Gasteiger partial charge in [0.25, 0.3) is 0 Å². The molecule has 0 radical (unpaired) electrons. The van der Waals surface area contributed by atoms with Crippen LogP contribution >= 0.6 is 15.9 Å². The highest BCUT2D eigenvalue weighted by Crippen LogP contribution is 2.33. The van der Waals surface area contributed by atoms with Gasteiger partial charge in [-0.15, -0.1) is 0 Å². The molecule has 22 heavy (non-hydrogen) atoms. The molecule has 2 aromatic carbocycles. The number of hydrogen-bond acceptors (Lipinski definition) is 3. The first-order valence-electron chi connectivity index (χ1n) is 6.41. The summed E-state index contributed by atoms with van der Waals surface area (Å²) >= 11 is 3.36. The van der Waals surface area contributed by atoms with Crippen molar-refractivity contribution in [3.8, 4) is 22.6 Å². The van der Waals surface area contributed by atoms with Crippen LogP contribution in [-0.2, 0) is 6.61 Å². The Morgan fingerprint density at radius 2 is 1.86 bits per heavy atom. The van der Waals surface area contributed by atoms with Crippen LogP contribution in [0, 0.1) is 11.6 Å². The number of rotatable bonds is 3. The third-order valence-electron chi connectivity index (χ3n) is 3.23. The number of nitrogens with zero attached hydrogens (tertiary/aromatic N) is 1. The van der Waals surface area contributed by atoms with Gasteiger partial charge in [-0.3, -0.25) is 0 Å². The van der Waals surface area contributed by atoms with Crippen LogP contribution < -0.4 is 0 Å².